The van der Waals surface area contributed by atoms with E-state index in [-0.39, 0.29) is 24.0 Å². The summed E-state index contributed by atoms with van der Waals surface area (Å²) in [5.41, 5.74) is 4.68. The molecular weight excluding hydrogens is 352 g/mol. The molecule has 138 valence electrons. The lowest BCUT2D eigenvalue weighted by Crippen LogP contribution is -2.46. The van der Waals surface area contributed by atoms with E-state index >= 15 is 0 Å². The Hall–Kier alpha value is -2.90. The van der Waals surface area contributed by atoms with Gasteiger partial charge >= 0.3 is 6.18 Å². The van der Waals surface area contributed by atoms with Crippen LogP contribution in [-0.4, -0.2) is 17.9 Å². The number of amides is 2. The lowest BCUT2D eigenvalue weighted by Gasteiger charge is -2.16. The number of carbonyl (C=O) groups excluding carboxylic acids is 2. The zero-order valence-corrected chi connectivity index (χ0v) is 13.5. The van der Waals surface area contributed by atoms with Gasteiger partial charge in [0.15, 0.2) is 0 Å². The van der Waals surface area contributed by atoms with Gasteiger partial charge in [-0.05, 0) is 23.3 Å². The lowest BCUT2D eigenvalue weighted by molar-refractivity contribution is -0.137. The Bertz CT molecular complexity index is 806. The first kappa shape index (κ1) is 19.4. The molecule has 1 atom stereocenters. The maximum atomic E-state index is 13.7. The van der Waals surface area contributed by atoms with Crippen LogP contribution in [0.1, 0.15) is 16.7 Å². The van der Waals surface area contributed by atoms with Gasteiger partial charge in [-0.1, -0.05) is 36.4 Å². The summed E-state index contributed by atoms with van der Waals surface area (Å²) in [7, 11) is 0. The summed E-state index contributed by atoms with van der Waals surface area (Å²) >= 11 is 0. The molecule has 0 aromatic heterocycles. The second-order valence-electron chi connectivity index (χ2n) is 5.69. The topological polar surface area (TPSA) is 72.2 Å². The van der Waals surface area contributed by atoms with Crippen molar-refractivity contribution in [1.29, 1.82) is 0 Å². The van der Waals surface area contributed by atoms with E-state index < -0.39 is 35.4 Å². The third-order valence-electron chi connectivity index (χ3n) is 3.68. The van der Waals surface area contributed by atoms with Crippen molar-refractivity contribution in [3.8, 4) is 0 Å². The number of carbonyl (C=O) groups is 2. The van der Waals surface area contributed by atoms with E-state index in [9.17, 15) is 27.2 Å². The highest BCUT2D eigenvalue weighted by molar-refractivity contribution is 5.87. The van der Waals surface area contributed by atoms with E-state index in [2.05, 4.69) is 5.32 Å². The molecule has 0 bridgehead atoms. The van der Waals surface area contributed by atoms with Crippen LogP contribution in [0.5, 0.6) is 0 Å². The summed E-state index contributed by atoms with van der Waals surface area (Å²) in [5, 5.41) is 2.34. The van der Waals surface area contributed by atoms with Gasteiger partial charge in [0.2, 0.25) is 11.8 Å². The average Bonchev–Trinajstić information content (AvgIpc) is 2.55. The first-order valence-electron chi connectivity index (χ1n) is 7.65. The van der Waals surface area contributed by atoms with Crippen LogP contribution in [0.2, 0.25) is 0 Å². The number of halogens is 4. The molecule has 2 aromatic carbocycles. The van der Waals surface area contributed by atoms with E-state index in [0.717, 1.165) is 12.1 Å². The molecule has 0 unspecified atom stereocenters. The van der Waals surface area contributed by atoms with Crippen molar-refractivity contribution in [3.05, 3.63) is 71.0 Å². The number of benzene rings is 2. The van der Waals surface area contributed by atoms with Crippen molar-refractivity contribution in [3.63, 3.8) is 0 Å². The van der Waals surface area contributed by atoms with Gasteiger partial charge in [0.1, 0.15) is 11.9 Å². The minimum Gasteiger partial charge on any atom is -0.368 e. The average molecular weight is 368 g/mol. The number of nitrogens with two attached hydrogens (primary N) is 1. The molecule has 0 saturated heterocycles. The largest absolute Gasteiger partial charge is 0.416 e. The number of hydrogen-bond acceptors (Lipinski definition) is 2. The van der Waals surface area contributed by atoms with Crippen molar-refractivity contribution in [1.82, 2.24) is 5.32 Å². The molecule has 4 nitrogen and oxygen atoms in total. The predicted molar refractivity (Wildman–Crippen MR) is 86.4 cm³/mol. The summed E-state index contributed by atoms with van der Waals surface area (Å²) in [6.07, 6.45) is -5.05. The summed E-state index contributed by atoms with van der Waals surface area (Å²) < 4.78 is 51.8. The highest BCUT2D eigenvalue weighted by atomic mass is 19.4. The van der Waals surface area contributed by atoms with E-state index in [1.807, 2.05) is 0 Å². The van der Waals surface area contributed by atoms with Crippen LogP contribution in [0, 0.1) is 5.82 Å². The summed E-state index contributed by atoms with van der Waals surface area (Å²) in [4.78, 5) is 23.6. The van der Waals surface area contributed by atoms with Gasteiger partial charge in [-0.15, -0.1) is 0 Å². The van der Waals surface area contributed by atoms with Crippen LogP contribution in [0.3, 0.4) is 0 Å². The molecular formula is C18H16F4N2O2. The summed E-state index contributed by atoms with van der Waals surface area (Å²) in [5.74, 6) is -2.11. The second-order valence-corrected chi connectivity index (χ2v) is 5.69. The quantitative estimate of drug-likeness (QED) is 0.770. The number of nitrogens with one attached hydrogen (secondary N) is 1. The maximum Gasteiger partial charge on any atom is 0.416 e. The van der Waals surface area contributed by atoms with Gasteiger partial charge in [0.05, 0.1) is 12.0 Å². The Morgan fingerprint density at radius 3 is 2.38 bits per heavy atom. The molecule has 2 rings (SSSR count). The van der Waals surface area contributed by atoms with Gasteiger partial charge < -0.3 is 11.1 Å². The van der Waals surface area contributed by atoms with Gasteiger partial charge in [-0.3, -0.25) is 9.59 Å². The molecule has 8 heteroatoms. The van der Waals surface area contributed by atoms with E-state index in [1.165, 1.54) is 30.3 Å². The van der Waals surface area contributed by atoms with Crippen LogP contribution < -0.4 is 11.1 Å². The Labute approximate surface area is 147 Å². The number of alkyl halides is 3. The molecule has 0 fully saturated rings. The normalized spacial score (nSPS) is 12.5. The third kappa shape index (κ3) is 5.30. The third-order valence-corrected chi connectivity index (χ3v) is 3.68. The van der Waals surface area contributed by atoms with Crippen molar-refractivity contribution >= 4 is 11.8 Å². The van der Waals surface area contributed by atoms with Crippen molar-refractivity contribution in [2.75, 3.05) is 0 Å². The zero-order chi connectivity index (χ0) is 19.3. The highest BCUT2D eigenvalue weighted by Crippen LogP contribution is 2.29. The lowest BCUT2D eigenvalue weighted by atomic mass is 10.0. The molecule has 0 aliphatic heterocycles. The van der Waals surface area contributed by atoms with Crippen molar-refractivity contribution in [2.45, 2.75) is 25.1 Å². The number of primary amides is 1. The molecule has 2 aromatic rings. The number of hydrogen-bond donors (Lipinski definition) is 2. The Morgan fingerprint density at radius 2 is 1.77 bits per heavy atom. The molecule has 0 radical (unpaired) electrons. The first-order chi connectivity index (χ1) is 12.2. The maximum absolute atomic E-state index is 13.7. The zero-order valence-electron chi connectivity index (χ0n) is 13.5. The summed E-state index contributed by atoms with van der Waals surface area (Å²) in [6.45, 7) is 0. The minimum atomic E-state index is -4.52. The summed E-state index contributed by atoms with van der Waals surface area (Å²) in [6, 6.07) is 8.83. The second kappa shape index (κ2) is 7.99. The molecule has 0 saturated carbocycles. The minimum absolute atomic E-state index is 0.131. The predicted octanol–water partition coefficient (Wildman–Crippen LogP) is 2.60. The van der Waals surface area contributed by atoms with E-state index in [1.54, 1.807) is 6.07 Å². The monoisotopic (exact) mass is 368 g/mol. The van der Waals surface area contributed by atoms with E-state index in [4.69, 9.17) is 5.73 Å². The van der Waals surface area contributed by atoms with Gasteiger partial charge in [0, 0.05) is 6.42 Å². The smallest absolute Gasteiger partial charge is 0.368 e. The molecule has 26 heavy (non-hydrogen) atoms. The molecule has 0 spiro atoms. The fraction of sp³-hybridized carbons (Fsp3) is 0.222. The fourth-order valence-corrected chi connectivity index (χ4v) is 2.39. The van der Waals surface area contributed by atoms with Gasteiger partial charge in [0.25, 0.3) is 0 Å². The highest BCUT2D eigenvalue weighted by Gasteiger charge is 2.30. The Kier molecular flexibility index (Phi) is 5.97. The van der Waals surface area contributed by atoms with Crippen LogP contribution in [-0.2, 0) is 28.6 Å². The van der Waals surface area contributed by atoms with Gasteiger partial charge in [-0.2, -0.15) is 13.2 Å². The van der Waals surface area contributed by atoms with Crippen molar-refractivity contribution in [2.24, 2.45) is 5.73 Å². The first-order valence-corrected chi connectivity index (χ1v) is 7.65. The Balaban J connectivity index is 2.07. The number of rotatable bonds is 6. The van der Waals surface area contributed by atoms with Crippen molar-refractivity contribution < 1.29 is 27.2 Å². The van der Waals surface area contributed by atoms with Crippen LogP contribution in [0.4, 0.5) is 17.6 Å². The van der Waals surface area contributed by atoms with Crippen LogP contribution in [0.25, 0.3) is 0 Å². The van der Waals surface area contributed by atoms with Crippen LogP contribution in [0.15, 0.2) is 48.5 Å². The molecule has 0 aliphatic carbocycles. The van der Waals surface area contributed by atoms with E-state index in [0.29, 0.717) is 0 Å². The molecule has 3 N–H and O–H groups in total. The molecule has 0 heterocycles. The fourth-order valence-electron chi connectivity index (χ4n) is 2.39. The standard InChI is InChI=1S/C18H16F4N2O2/c19-14-7-2-1-5-12(14)10-15(17(23)26)24-16(25)9-11-4-3-6-13(8-11)18(20,21)22/h1-8,15H,9-10H2,(H2,23,26)(H,24,25)/t15-/m1/s1. The van der Waals surface area contributed by atoms with Crippen LogP contribution >= 0.6 is 0 Å². The SMILES string of the molecule is NC(=O)[C@@H](Cc1ccccc1F)NC(=O)Cc1cccc(C(F)(F)F)c1. The molecule has 0 aliphatic rings. The molecule has 2 amide bonds. The van der Waals surface area contributed by atoms with Gasteiger partial charge in [-0.25, -0.2) is 4.39 Å². The Morgan fingerprint density at radius 1 is 1.08 bits per heavy atom.